The number of piperidine rings is 1. The number of fused-ring (bicyclic) bond motifs is 2. The Morgan fingerprint density at radius 1 is 0.897 bits per heavy atom. The van der Waals surface area contributed by atoms with Gasteiger partial charge in [-0.3, -0.25) is 9.59 Å². The van der Waals surface area contributed by atoms with Crippen molar-refractivity contribution in [2.24, 2.45) is 5.92 Å². The number of likely N-dealkylation sites (tertiary alicyclic amines) is 1. The SMILES string of the molecule is O=C(c1ccc2c(c1)OCCO2)C1CCN(C(=O)c2cc3ccccc3o2)CC1. The smallest absolute Gasteiger partial charge is 0.289 e. The van der Waals surface area contributed by atoms with Gasteiger partial charge in [-0.1, -0.05) is 18.2 Å². The molecule has 2 aliphatic rings. The monoisotopic (exact) mass is 391 g/mol. The lowest BCUT2D eigenvalue weighted by Crippen LogP contribution is -2.40. The Balaban J connectivity index is 1.25. The van der Waals surface area contributed by atoms with E-state index in [1.165, 1.54) is 0 Å². The van der Waals surface area contributed by atoms with Crippen LogP contribution in [0.4, 0.5) is 0 Å². The number of hydrogen-bond donors (Lipinski definition) is 0. The maximum atomic E-state index is 12.9. The lowest BCUT2D eigenvalue weighted by atomic mass is 9.88. The molecule has 0 bridgehead atoms. The highest BCUT2D eigenvalue weighted by Crippen LogP contribution is 2.33. The zero-order valence-corrected chi connectivity index (χ0v) is 15.9. The van der Waals surface area contributed by atoms with E-state index in [1.54, 1.807) is 29.2 Å². The van der Waals surface area contributed by atoms with Crippen molar-refractivity contribution in [2.75, 3.05) is 26.3 Å². The van der Waals surface area contributed by atoms with Crippen molar-refractivity contribution in [3.05, 3.63) is 59.9 Å². The number of ether oxygens (including phenoxy) is 2. The number of hydrogen-bond acceptors (Lipinski definition) is 5. The third kappa shape index (κ3) is 3.35. The van der Waals surface area contributed by atoms with Gasteiger partial charge in [0.15, 0.2) is 23.0 Å². The number of Topliss-reactive ketones (excluding diaryl/α,β-unsaturated/α-hetero) is 1. The fourth-order valence-corrected chi connectivity index (χ4v) is 4.02. The van der Waals surface area contributed by atoms with Gasteiger partial charge in [0.2, 0.25) is 0 Å². The average molecular weight is 391 g/mol. The molecule has 0 unspecified atom stereocenters. The number of carbonyl (C=O) groups excluding carboxylic acids is 2. The van der Waals surface area contributed by atoms with Gasteiger partial charge < -0.3 is 18.8 Å². The number of para-hydroxylation sites is 1. The van der Waals surface area contributed by atoms with Crippen LogP contribution in [0.5, 0.6) is 11.5 Å². The van der Waals surface area contributed by atoms with Crippen LogP contribution >= 0.6 is 0 Å². The highest BCUT2D eigenvalue weighted by atomic mass is 16.6. The fraction of sp³-hybridized carbons (Fsp3) is 0.304. The van der Waals surface area contributed by atoms with Crippen molar-refractivity contribution in [3.63, 3.8) is 0 Å². The summed E-state index contributed by atoms with van der Waals surface area (Å²) >= 11 is 0. The summed E-state index contributed by atoms with van der Waals surface area (Å²) in [5.74, 6) is 1.53. The summed E-state index contributed by atoms with van der Waals surface area (Å²) in [7, 11) is 0. The van der Waals surface area contributed by atoms with E-state index in [4.69, 9.17) is 13.9 Å². The molecule has 0 N–H and O–H groups in total. The van der Waals surface area contributed by atoms with E-state index in [-0.39, 0.29) is 17.6 Å². The first-order valence-corrected chi connectivity index (χ1v) is 9.91. The van der Waals surface area contributed by atoms with Crippen molar-refractivity contribution in [3.8, 4) is 11.5 Å². The lowest BCUT2D eigenvalue weighted by molar-refractivity contribution is 0.0626. The molecule has 0 radical (unpaired) electrons. The Morgan fingerprint density at radius 3 is 2.45 bits per heavy atom. The van der Waals surface area contributed by atoms with E-state index in [9.17, 15) is 9.59 Å². The molecule has 1 fully saturated rings. The molecule has 0 atom stereocenters. The van der Waals surface area contributed by atoms with Gasteiger partial charge in [0, 0.05) is 30.0 Å². The number of benzene rings is 2. The molecule has 29 heavy (non-hydrogen) atoms. The molecule has 5 rings (SSSR count). The third-order valence-electron chi connectivity index (χ3n) is 5.62. The van der Waals surface area contributed by atoms with Crippen LogP contribution in [0.2, 0.25) is 0 Å². The number of ketones is 1. The van der Waals surface area contributed by atoms with Crippen LogP contribution in [0, 0.1) is 5.92 Å². The number of furan rings is 1. The minimum atomic E-state index is -0.119. The fourth-order valence-electron chi connectivity index (χ4n) is 4.02. The predicted octanol–water partition coefficient (Wildman–Crippen LogP) is 3.94. The van der Waals surface area contributed by atoms with E-state index in [0.29, 0.717) is 67.6 Å². The standard InChI is InChI=1S/C23H21NO5/c25-22(17-5-6-19-20(14-17)28-12-11-27-19)15-7-9-24(10-8-15)23(26)21-13-16-3-1-2-4-18(16)29-21/h1-6,13-15H,7-12H2. The van der Waals surface area contributed by atoms with Crippen LogP contribution in [0.3, 0.4) is 0 Å². The predicted molar refractivity (Wildman–Crippen MR) is 107 cm³/mol. The molecule has 1 amide bonds. The van der Waals surface area contributed by atoms with E-state index < -0.39 is 0 Å². The van der Waals surface area contributed by atoms with E-state index in [0.717, 1.165) is 5.39 Å². The summed E-state index contributed by atoms with van der Waals surface area (Å²) in [6.45, 7) is 2.10. The average Bonchev–Trinajstić information content (AvgIpc) is 3.22. The second kappa shape index (κ2) is 7.28. The van der Waals surface area contributed by atoms with Gasteiger partial charge in [0.25, 0.3) is 5.91 Å². The van der Waals surface area contributed by atoms with E-state index in [1.807, 2.05) is 24.3 Å². The van der Waals surface area contributed by atoms with Crippen LogP contribution < -0.4 is 9.47 Å². The van der Waals surface area contributed by atoms with Crippen molar-refractivity contribution in [1.82, 2.24) is 4.90 Å². The van der Waals surface area contributed by atoms with Gasteiger partial charge in [-0.05, 0) is 43.2 Å². The van der Waals surface area contributed by atoms with Gasteiger partial charge in [-0.25, -0.2) is 0 Å². The Hall–Kier alpha value is -3.28. The van der Waals surface area contributed by atoms with Crippen LogP contribution in [0.15, 0.2) is 52.9 Å². The molecule has 1 saturated heterocycles. The minimum Gasteiger partial charge on any atom is -0.486 e. The molecular weight excluding hydrogens is 370 g/mol. The molecule has 6 heteroatoms. The number of rotatable bonds is 3. The molecule has 2 aromatic carbocycles. The summed E-state index contributed by atoms with van der Waals surface area (Å²) in [5.41, 5.74) is 1.34. The van der Waals surface area contributed by atoms with Gasteiger partial charge in [-0.2, -0.15) is 0 Å². The second-order valence-electron chi connectivity index (χ2n) is 7.44. The van der Waals surface area contributed by atoms with Crippen LogP contribution in [-0.4, -0.2) is 42.9 Å². The van der Waals surface area contributed by atoms with Crippen molar-refractivity contribution >= 4 is 22.7 Å². The lowest BCUT2D eigenvalue weighted by Gasteiger charge is -2.31. The molecule has 0 spiro atoms. The highest BCUT2D eigenvalue weighted by molar-refractivity contribution is 5.99. The van der Waals surface area contributed by atoms with Crippen molar-refractivity contribution in [1.29, 1.82) is 0 Å². The van der Waals surface area contributed by atoms with Crippen molar-refractivity contribution in [2.45, 2.75) is 12.8 Å². The molecule has 3 heterocycles. The van der Waals surface area contributed by atoms with E-state index in [2.05, 4.69) is 0 Å². The second-order valence-corrected chi connectivity index (χ2v) is 7.44. The maximum absolute atomic E-state index is 12.9. The Morgan fingerprint density at radius 2 is 1.66 bits per heavy atom. The first kappa shape index (κ1) is 17.8. The molecule has 3 aromatic rings. The van der Waals surface area contributed by atoms with Crippen molar-refractivity contribution < 1.29 is 23.5 Å². The topological polar surface area (TPSA) is 69.0 Å². The van der Waals surface area contributed by atoms with Gasteiger partial charge in [-0.15, -0.1) is 0 Å². The summed E-state index contributed by atoms with van der Waals surface area (Å²) < 4.78 is 16.8. The molecule has 0 aliphatic carbocycles. The van der Waals surface area contributed by atoms with Gasteiger partial charge in [0.05, 0.1) is 0 Å². The Kier molecular flexibility index (Phi) is 4.46. The number of carbonyl (C=O) groups is 2. The number of nitrogens with zero attached hydrogens (tertiary/aromatic N) is 1. The minimum absolute atomic E-state index is 0.0952. The summed E-state index contributed by atoms with van der Waals surface area (Å²) in [6.07, 6.45) is 1.28. The molecule has 1 aromatic heterocycles. The number of amides is 1. The highest BCUT2D eigenvalue weighted by Gasteiger charge is 2.30. The summed E-state index contributed by atoms with van der Waals surface area (Å²) in [4.78, 5) is 27.5. The van der Waals surface area contributed by atoms with Crippen LogP contribution in [-0.2, 0) is 0 Å². The first-order chi connectivity index (χ1) is 14.2. The molecule has 6 nitrogen and oxygen atoms in total. The Labute approximate surface area is 168 Å². The van der Waals surface area contributed by atoms with Gasteiger partial charge >= 0.3 is 0 Å². The van der Waals surface area contributed by atoms with Crippen LogP contribution in [0.1, 0.15) is 33.8 Å². The molecule has 148 valence electrons. The van der Waals surface area contributed by atoms with E-state index >= 15 is 0 Å². The van der Waals surface area contributed by atoms with Gasteiger partial charge in [0.1, 0.15) is 18.8 Å². The zero-order valence-electron chi connectivity index (χ0n) is 15.9. The van der Waals surface area contributed by atoms with Crippen LogP contribution in [0.25, 0.3) is 11.0 Å². The normalized spacial score (nSPS) is 16.8. The summed E-state index contributed by atoms with van der Waals surface area (Å²) in [5, 5.41) is 0.916. The third-order valence-corrected chi connectivity index (χ3v) is 5.62. The maximum Gasteiger partial charge on any atom is 0.289 e. The Bertz CT molecular complexity index is 1040. The molecule has 0 saturated carbocycles. The summed E-state index contributed by atoms with van der Waals surface area (Å²) in [6, 6.07) is 14.7. The molecule has 2 aliphatic heterocycles. The molecular formula is C23H21NO5. The zero-order chi connectivity index (χ0) is 19.8. The largest absolute Gasteiger partial charge is 0.486 e. The first-order valence-electron chi connectivity index (χ1n) is 9.91. The quantitative estimate of drug-likeness (QED) is 0.633.